The molecule has 0 unspecified atom stereocenters. The number of nitrogens with two attached hydrogens (primary N) is 2. The fourth-order valence-electron chi connectivity index (χ4n) is 2.59. The Balaban J connectivity index is 0.00000261. The molecule has 0 spiro atoms. The predicted molar refractivity (Wildman–Crippen MR) is 107 cm³/mol. The fraction of sp³-hybridized carbons (Fsp3) is 0.0588. The Morgan fingerprint density at radius 3 is 2.04 bits per heavy atom. The number of nitrogens with one attached hydrogen (secondary N) is 1. The Hall–Kier alpha value is -2.17. The fourth-order valence-corrected chi connectivity index (χ4v) is 4.35. The summed E-state index contributed by atoms with van der Waals surface area (Å²) in [7, 11) is -7.57. The molecule has 3 rings (SSSR count). The SMILES string of the molecule is Cl.Nc1cccc2c(S(=O)(=O)NCc3ccc(S(N)(=O)=O)cc3)cccc12. The second kappa shape index (κ2) is 7.83. The Labute approximate surface area is 163 Å². The zero-order valence-electron chi connectivity index (χ0n) is 14.0. The minimum Gasteiger partial charge on any atom is -0.398 e. The minimum absolute atomic E-state index is 0. The molecule has 0 bridgehead atoms. The van der Waals surface area contributed by atoms with Crippen LogP contribution in [0.25, 0.3) is 10.8 Å². The van der Waals surface area contributed by atoms with E-state index in [1.165, 1.54) is 30.3 Å². The largest absolute Gasteiger partial charge is 0.398 e. The first-order chi connectivity index (χ1) is 12.2. The number of benzene rings is 3. The molecule has 0 aromatic heterocycles. The van der Waals surface area contributed by atoms with Crippen LogP contribution >= 0.6 is 12.4 Å². The van der Waals surface area contributed by atoms with Gasteiger partial charge in [-0.25, -0.2) is 26.7 Å². The van der Waals surface area contributed by atoms with E-state index in [1.54, 1.807) is 30.3 Å². The van der Waals surface area contributed by atoms with E-state index in [2.05, 4.69) is 4.72 Å². The molecule has 7 nitrogen and oxygen atoms in total. The number of hydrogen-bond donors (Lipinski definition) is 3. The van der Waals surface area contributed by atoms with Gasteiger partial charge in [-0.05, 0) is 29.8 Å². The normalized spacial score (nSPS) is 11.9. The lowest BCUT2D eigenvalue weighted by molar-refractivity contribution is 0.582. The molecule has 144 valence electrons. The van der Waals surface area contributed by atoms with E-state index in [0.717, 1.165) is 0 Å². The van der Waals surface area contributed by atoms with Crippen LogP contribution in [-0.2, 0) is 26.6 Å². The van der Waals surface area contributed by atoms with Crippen LogP contribution in [0.3, 0.4) is 0 Å². The van der Waals surface area contributed by atoms with Gasteiger partial charge < -0.3 is 5.73 Å². The number of primary sulfonamides is 1. The monoisotopic (exact) mass is 427 g/mol. The first-order valence-electron chi connectivity index (χ1n) is 7.57. The van der Waals surface area contributed by atoms with Gasteiger partial charge in [0.05, 0.1) is 9.79 Å². The summed E-state index contributed by atoms with van der Waals surface area (Å²) in [5.41, 5.74) is 7.00. The van der Waals surface area contributed by atoms with E-state index in [9.17, 15) is 16.8 Å². The lowest BCUT2D eigenvalue weighted by atomic mass is 10.1. The van der Waals surface area contributed by atoms with Gasteiger partial charge in [-0.1, -0.05) is 36.4 Å². The Morgan fingerprint density at radius 2 is 1.41 bits per heavy atom. The smallest absolute Gasteiger partial charge is 0.241 e. The minimum atomic E-state index is -3.79. The van der Waals surface area contributed by atoms with Gasteiger partial charge in [0.25, 0.3) is 0 Å². The number of fused-ring (bicyclic) bond motifs is 1. The number of rotatable bonds is 5. The van der Waals surface area contributed by atoms with Gasteiger partial charge in [-0.15, -0.1) is 12.4 Å². The lowest BCUT2D eigenvalue weighted by Crippen LogP contribution is -2.23. The maximum Gasteiger partial charge on any atom is 0.241 e. The second-order valence-corrected chi connectivity index (χ2v) is 9.01. The van der Waals surface area contributed by atoms with Crippen molar-refractivity contribution in [3.8, 4) is 0 Å². The van der Waals surface area contributed by atoms with Crippen LogP contribution in [0.1, 0.15) is 5.56 Å². The second-order valence-electron chi connectivity index (χ2n) is 5.71. The number of anilines is 1. The third-order valence-corrected chi connectivity index (χ3v) is 6.31. The molecule has 3 aromatic rings. The van der Waals surface area contributed by atoms with Crippen molar-refractivity contribution in [2.75, 3.05) is 5.73 Å². The summed E-state index contributed by atoms with van der Waals surface area (Å²) >= 11 is 0. The average Bonchev–Trinajstić information content (AvgIpc) is 2.59. The highest BCUT2D eigenvalue weighted by molar-refractivity contribution is 7.89. The summed E-state index contributed by atoms with van der Waals surface area (Å²) in [6.45, 7) is 0.00589. The molecule has 0 amide bonds. The molecule has 3 aromatic carbocycles. The van der Waals surface area contributed by atoms with Gasteiger partial charge in [-0.3, -0.25) is 0 Å². The van der Waals surface area contributed by atoms with E-state index in [4.69, 9.17) is 10.9 Å². The van der Waals surface area contributed by atoms with E-state index in [0.29, 0.717) is 22.0 Å². The third-order valence-electron chi connectivity index (χ3n) is 3.92. The van der Waals surface area contributed by atoms with Crippen molar-refractivity contribution in [3.05, 3.63) is 66.2 Å². The molecule has 0 aliphatic heterocycles. The van der Waals surface area contributed by atoms with Crippen LogP contribution in [0, 0.1) is 0 Å². The molecular formula is C17H18ClN3O4S2. The van der Waals surface area contributed by atoms with Gasteiger partial charge >= 0.3 is 0 Å². The van der Waals surface area contributed by atoms with E-state index in [1.807, 2.05) is 0 Å². The summed E-state index contributed by atoms with van der Waals surface area (Å²) in [6, 6.07) is 15.7. The van der Waals surface area contributed by atoms with Crippen LogP contribution in [0.15, 0.2) is 70.5 Å². The number of hydrogen-bond acceptors (Lipinski definition) is 5. The van der Waals surface area contributed by atoms with Crippen molar-refractivity contribution >= 4 is 48.9 Å². The zero-order chi connectivity index (χ0) is 18.9. The van der Waals surface area contributed by atoms with Crippen LogP contribution in [0.2, 0.25) is 0 Å². The van der Waals surface area contributed by atoms with Gasteiger partial charge in [0.15, 0.2) is 0 Å². The molecular weight excluding hydrogens is 410 g/mol. The Morgan fingerprint density at radius 1 is 0.815 bits per heavy atom. The molecule has 10 heteroatoms. The summed E-state index contributed by atoms with van der Waals surface area (Å²) in [4.78, 5) is 0.0945. The highest BCUT2D eigenvalue weighted by Gasteiger charge is 2.17. The molecule has 5 N–H and O–H groups in total. The highest BCUT2D eigenvalue weighted by atomic mass is 35.5. The first kappa shape index (κ1) is 21.1. The topological polar surface area (TPSA) is 132 Å². The molecule has 0 radical (unpaired) electrons. The molecule has 0 saturated heterocycles. The maximum atomic E-state index is 12.7. The summed E-state index contributed by atoms with van der Waals surface area (Å²) < 4.78 is 50.4. The van der Waals surface area contributed by atoms with Crippen molar-refractivity contribution < 1.29 is 16.8 Å². The van der Waals surface area contributed by atoms with Crippen molar-refractivity contribution in [2.45, 2.75) is 16.3 Å². The number of sulfonamides is 2. The van der Waals surface area contributed by atoms with E-state index in [-0.39, 0.29) is 28.7 Å². The van der Waals surface area contributed by atoms with Gasteiger partial charge in [-0.2, -0.15) is 0 Å². The van der Waals surface area contributed by atoms with Crippen molar-refractivity contribution in [1.29, 1.82) is 0 Å². The third kappa shape index (κ3) is 4.57. The van der Waals surface area contributed by atoms with Gasteiger partial charge in [0.2, 0.25) is 20.0 Å². The van der Waals surface area contributed by atoms with Gasteiger partial charge in [0, 0.05) is 23.0 Å². The van der Waals surface area contributed by atoms with Crippen LogP contribution < -0.4 is 15.6 Å². The molecule has 0 heterocycles. The summed E-state index contributed by atoms with van der Waals surface area (Å²) in [6.07, 6.45) is 0. The zero-order valence-corrected chi connectivity index (χ0v) is 16.4. The summed E-state index contributed by atoms with van der Waals surface area (Å²) in [5.74, 6) is 0. The molecule has 27 heavy (non-hydrogen) atoms. The van der Waals surface area contributed by atoms with E-state index >= 15 is 0 Å². The number of nitrogen functional groups attached to an aromatic ring is 1. The molecule has 0 saturated carbocycles. The lowest BCUT2D eigenvalue weighted by Gasteiger charge is -2.11. The molecule has 0 aliphatic carbocycles. The van der Waals surface area contributed by atoms with Crippen molar-refractivity contribution in [1.82, 2.24) is 4.72 Å². The first-order valence-corrected chi connectivity index (χ1v) is 10.6. The Kier molecular flexibility index (Phi) is 6.13. The molecule has 0 aliphatic rings. The Bertz CT molecular complexity index is 1180. The van der Waals surface area contributed by atoms with Crippen molar-refractivity contribution in [2.24, 2.45) is 5.14 Å². The highest BCUT2D eigenvalue weighted by Crippen LogP contribution is 2.27. The molecule has 0 atom stereocenters. The van der Waals surface area contributed by atoms with Gasteiger partial charge in [0.1, 0.15) is 0 Å². The quantitative estimate of drug-likeness (QED) is 0.535. The number of halogens is 1. The van der Waals surface area contributed by atoms with Crippen LogP contribution in [-0.4, -0.2) is 16.8 Å². The van der Waals surface area contributed by atoms with Crippen LogP contribution in [0.5, 0.6) is 0 Å². The predicted octanol–water partition coefficient (Wildman–Crippen LogP) is 1.97. The standard InChI is InChI=1S/C17H17N3O4S2.ClH/c18-16-5-1-4-15-14(16)3-2-6-17(15)26(23,24)20-11-12-7-9-13(10-8-12)25(19,21)22;/h1-10,20H,11,18H2,(H2,19,21,22);1H. The summed E-state index contributed by atoms with van der Waals surface area (Å²) in [5, 5.41) is 6.23. The maximum absolute atomic E-state index is 12.7. The average molecular weight is 428 g/mol. The van der Waals surface area contributed by atoms with Crippen LogP contribution in [0.4, 0.5) is 5.69 Å². The van der Waals surface area contributed by atoms with E-state index < -0.39 is 20.0 Å². The molecule has 0 fully saturated rings. The van der Waals surface area contributed by atoms with Crippen molar-refractivity contribution in [3.63, 3.8) is 0 Å².